The van der Waals surface area contributed by atoms with Crippen molar-refractivity contribution >= 4 is 214 Å². The number of nitrogens with one attached hydrogen (secondary N) is 1. The Bertz CT molecular complexity index is 7270. The van der Waals surface area contributed by atoms with E-state index in [0.29, 0.717) is 0 Å². The minimum Gasteiger partial charge on any atom is -0.399 e. The number of nitrogens with zero attached hydrogens (tertiary/aromatic N) is 4. The molecule has 0 spiro atoms. The lowest BCUT2D eigenvalue weighted by Gasteiger charge is -2.26. The molecule has 0 radical (unpaired) electrons. The van der Waals surface area contributed by atoms with Crippen molar-refractivity contribution in [2.45, 2.75) is 9.79 Å². The van der Waals surface area contributed by atoms with Crippen LogP contribution in [0.15, 0.2) is 456 Å². The molecule has 0 unspecified atom stereocenters. The Morgan fingerprint density at radius 2 is 0.712 bits per heavy atom. The van der Waals surface area contributed by atoms with Gasteiger partial charge in [-0.15, -0.1) is 22.7 Å². The molecule has 17 aromatic carbocycles. The van der Waals surface area contributed by atoms with Gasteiger partial charge in [-0.1, -0.05) is 270 Å². The molecule has 12 heteroatoms. The molecule has 3 N–H and O–H groups in total. The highest BCUT2D eigenvalue weighted by molar-refractivity contribution is 14.1. The van der Waals surface area contributed by atoms with Gasteiger partial charge < -0.3 is 29.7 Å². The van der Waals surface area contributed by atoms with Gasteiger partial charge in [-0.25, -0.2) is 0 Å². The van der Waals surface area contributed by atoms with E-state index >= 15 is 0 Å². The second-order valence-corrected chi connectivity index (χ2v) is 34.4. The second kappa shape index (κ2) is 35.9. The maximum Gasteiger partial charge on any atom is 0.0542 e. The van der Waals surface area contributed by atoms with Crippen molar-refractivity contribution in [1.82, 2.24) is 13.7 Å². The van der Waals surface area contributed by atoms with Crippen molar-refractivity contribution in [2.75, 3.05) is 16.0 Å². The van der Waals surface area contributed by atoms with Crippen LogP contribution in [0, 0.1) is 3.57 Å². The lowest BCUT2D eigenvalue weighted by Crippen LogP contribution is -2.09. The minimum absolute atomic E-state index is 0. The molecule has 22 aromatic rings. The van der Waals surface area contributed by atoms with E-state index in [0.717, 1.165) is 44.3 Å². The summed E-state index contributed by atoms with van der Waals surface area (Å²) in [6.45, 7) is 0. The Kier molecular flexibility index (Phi) is 23.3. The van der Waals surface area contributed by atoms with Crippen LogP contribution in [-0.4, -0.2) is 13.7 Å². The summed E-state index contributed by atoms with van der Waals surface area (Å²) in [6.07, 6.45) is 0. The van der Waals surface area contributed by atoms with E-state index in [1.807, 2.05) is 77.3 Å². The van der Waals surface area contributed by atoms with Gasteiger partial charge >= 0.3 is 0 Å². The summed E-state index contributed by atoms with van der Waals surface area (Å²) in [7, 11) is 0. The molecule has 0 saturated carbocycles. The Morgan fingerprint density at radius 1 is 0.305 bits per heavy atom. The smallest absolute Gasteiger partial charge is 0.0542 e. The molecular formula is C106H78BrIN6S4. The van der Waals surface area contributed by atoms with E-state index in [9.17, 15) is 0 Å². The number of thiophene rings is 2. The maximum absolute atomic E-state index is 5.36. The van der Waals surface area contributed by atoms with Crippen molar-refractivity contribution in [3.8, 4) is 28.2 Å². The van der Waals surface area contributed by atoms with Gasteiger partial charge in [0.1, 0.15) is 0 Å². The number of nitrogen functional groups attached to an aromatic ring is 1. The minimum atomic E-state index is 0. The van der Waals surface area contributed by atoms with Gasteiger partial charge in [0.25, 0.3) is 0 Å². The van der Waals surface area contributed by atoms with E-state index < -0.39 is 0 Å². The van der Waals surface area contributed by atoms with Crippen LogP contribution >= 0.6 is 84.7 Å². The monoisotopic (exact) mass is 1770 g/mol. The first kappa shape index (κ1) is 76.7. The van der Waals surface area contributed by atoms with E-state index in [2.05, 4.69) is 449 Å². The van der Waals surface area contributed by atoms with Gasteiger partial charge in [0.15, 0.2) is 0 Å². The Morgan fingerprint density at radius 3 is 1.28 bits per heavy atom. The zero-order chi connectivity index (χ0) is 79.5. The standard InChI is InChI=1S/C44H32N2S2.C24H18N2.C18H12IN.C14H7BrS2.C6H7N.H2/c1-4-16-35(17-5-1)45(38-26-27-44-42(32-38)41-24-10-11-25-43(41)46(44)36-18-6-2-7-19-36)37-20-12-14-33(30-37)34-15-13-23-40(31-34)48-29-28-47-39-21-8-3-9-22-39;1-3-9-18(10-4-1)25-19-15-16-24-22(17-19)21-13-7-8-14-23(21)26(24)20-11-5-2-6-12-20;19-13-10-11-18-16(12-13)15-8-4-5-9-17(15)20(18)14-6-2-1-3-7-14;15-8-5-6-10-12(7-8)17-13-9-3-1-2-4-11(9)16-14(10)13;7-6-4-2-1-3-5-6;/h1-32H;1-17,25H;1-12H;1-7H;1-5H,7H2;1H/b29-28+;;;;;/i;;;;;1+1. The van der Waals surface area contributed by atoms with E-state index in [1.165, 1.54) is 131 Å². The van der Waals surface area contributed by atoms with Crippen molar-refractivity contribution < 1.29 is 1.43 Å². The van der Waals surface area contributed by atoms with Gasteiger partial charge in [0.05, 0.1) is 42.5 Å². The Labute approximate surface area is 725 Å². The first-order valence-corrected chi connectivity index (χ1v) is 44.2. The average molecular weight is 1770 g/mol. The van der Waals surface area contributed by atoms with Crippen molar-refractivity contribution in [1.29, 1.82) is 0 Å². The molecule has 0 saturated heterocycles. The van der Waals surface area contributed by atoms with Crippen LogP contribution in [0.2, 0.25) is 0 Å². The number of fused-ring (bicyclic) bond motifs is 14. The molecule has 0 amide bonds. The third-order valence-corrected chi connectivity index (χ3v) is 26.0. The second-order valence-electron chi connectivity index (χ2n) is 28.1. The molecule has 570 valence electrons. The van der Waals surface area contributed by atoms with Crippen LogP contribution in [0.4, 0.5) is 34.1 Å². The van der Waals surface area contributed by atoms with Gasteiger partial charge in [0, 0.05) is 123 Å². The predicted octanol–water partition coefficient (Wildman–Crippen LogP) is 32.7. The number of para-hydroxylation sites is 9. The normalized spacial score (nSPS) is 11.2. The maximum atomic E-state index is 5.36. The first-order chi connectivity index (χ1) is 58.3. The average Bonchev–Trinajstić information content (AvgIpc) is 1.64. The molecule has 0 aliphatic heterocycles. The summed E-state index contributed by atoms with van der Waals surface area (Å²) >= 11 is 13.2. The highest BCUT2D eigenvalue weighted by Crippen LogP contribution is 2.46. The highest BCUT2D eigenvalue weighted by Gasteiger charge is 2.20. The number of thioether (sulfide) groups is 2. The molecule has 0 aliphatic carbocycles. The van der Waals surface area contributed by atoms with Crippen molar-refractivity contribution in [3.05, 3.63) is 450 Å². The van der Waals surface area contributed by atoms with Crippen LogP contribution in [0.5, 0.6) is 0 Å². The van der Waals surface area contributed by atoms with E-state index in [1.54, 1.807) is 23.5 Å². The lowest BCUT2D eigenvalue weighted by molar-refractivity contribution is 1.18. The molecule has 5 heterocycles. The van der Waals surface area contributed by atoms with Crippen LogP contribution in [0.1, 0.15) is 1.43 Å². The molecular weight excluding hydrogens is 1690 g/mol. The Balaban J connectivity index is 0.000000119. The van der Waals surface area contributed by atoms with Gasteiger partial charge in [-0.05, 0) is 245 Å². The summed E-state index contributed by atoms with van der Waals surface area (Å²) in [6, 6.07) is 151. The number of anilines is 6. The first-order valence-electron chi connectivity index (χ1n) is 38.9. The number of hydrogen-bond acceptors (Lipinski definition) is 7. The number of aromatic nitrogens is 3. The Hall–Kier alpha value is -12.6. The summed E-state index contributed by atoms with van der Waals surface area (Å²) in [5.41, 5.74) is 25.0. The number of halogens is 2. The summed E-state index contributed by atoms with van der Waals surface area (Å²) < 4.78 is 15.1. The van der Waals surface area contributed by atoms with Gasteiger partial charge in [-0.3, -0.25) is 0 Å². The zero-order valence-corrected chi connectivity index (χ0v) is 70.9. The number of hydrogen-bond donors (Lipinski definition) is 2. The molecule has 0 aliphatic rings. The number of rotatable bonds is 13. The number of benzene rings is 17. The van der Waals surface area contributed by atoms with E-state index in [4.69, 9.17) is 5.73 Å². The molecule has 0 bridgehead atoms. The molecule has 22 rings (SSSR count). The molecule has 5 aromatic heterocycles. The number of nitrogens with two attached hydrogens (primary N) is 1. The van der Waals surface area contributed by atoms with Gasteiger partial charge in [0.2, 0.25) is 0 Å². The van der Waals surface area contributed by atoms with Crippen LogP contribution in [0.25, 0.3) is 123 Å². The van der Waals surface area contributed by atoms with Crippen molar-refractivity contribution in [2.24, 2.45) is 0 Å². The summed E-state index contributed by atoms with van der Waals surface area (Å²) in [5, 5.41) is 18.2. The molecule has 0 fully saturated rings. The van der Waals surface area contributed by atoms with Crippen LogP contribution < -0.4 is 16.0 Å². The van der Waals surface area contributed by atoms with Crippen LogP contribution in [0.3, 0.4) is 0 Å². The van der Waals surface area contributed by atoms with Crippen molar-refractivity contribution in [3.63, 3.8) is 0 Å². The van der Waals surface area contributed by atoms with Gasteiger partial charge in [-0.2, -0.15) is 0 Å². The van der Waals surface area contributed by atoms with E-state index in [-0.39, 0.29) is 1.43 Å². The SMILES string of the molecule is Brc1ccc2c(c1)sc1c3ccccc3sc21.C(=C\Sc1cccc(-c2cccc(N(c3ccccc3)c3ccc4c(c3)c3ccccc3n4-c3ccccc3)c2)c1)/Sc1ccccc1.Ic1ccc2c(c1)c1ccccc1n2-c1ccccc1.Nc1ccccc1.[2HH].c1ccc(Nc2ccc3c(c2)c2ccccc2n3-c2ccccc2)cc1. The molecule has 0 atom stereocenters. The fraction of sp³-hybridized carbons (Fsp3) is 0. The molecule has 118 heavy (non-hydrogen) atoms. The van der Waals surface area contributed by atoms with Crippen LogP contribution in [-0.2, 0) is 0 Å². The summed E-state index contributed by atoms with van der Waals surface area (Å²) in [4.78, 5) is 4.81. The third kappa shape index (κ3) is 16.7. The fourth-order valence-corrected chi connectivity index (χ4v) is 20.4. The third-order valence-electron chi connectivity index (χ3n) is 20.6. The fourth-order valence-electron chi connectivity index (χ4n) is 15.3. The quantitative estimate of drug-likeness (QED) is 0.0684. The lowest BCUT2D eigenvalue weighted by atomic mass is 10.0. The summed E-state index contributed by atoms with van der Waals surface area (Å²) in [5.74, 6) is 0. The predicted molar refractivity (Wildman–Crippen MR) is 528 cm³/mol. The topological polar surface area (TPSA) is 56.1 Å². The largest absolute Gasteiger partial charge is 0.399 e. The molecule has 6 nitrogen and oxygen atoms in total. The zero-order valence-electron chi connectivity index (χ0n) is 63.9. The highest BCUT2D eigenvalue weighted by atomic mass is 127.